The van der Waals surface area contributed by atoms with Gasteiger partial charge in [0.15, 0.2) is 0 Å². The Morgan fingerprint density at radius 2 is 1.55 bits per heavy atom. The zero-order chi connectivity index (χ0) is 14.1. The van der Waals surface area contributed by atoms with Crippen molar-refractivity contribution in [2.75, 3.05) is 0 Å². The third-order valence-corrected chi connectivity index (χ3v) is 3.64. The highest BCUT2D eigenvalue weighted by molar-refractivity contribution is 6.16. The summed E-state index contributed by atoms with van der Waals surface area (Å²) in [6.07, 6.45) is 3.84. The van der Waals surface area contributed by atoms with Crippen molar-refractivity contribution in [2.45, 2.75) is 12.8 Å². The lowest BCUT2D eigenvalue weighted by molar-refractivity contribution is -0.136. The van der Waals surface area contributed by atoms with Crippen molar-refractivity contribution < 1.29 is 19.1 Å². The number of amides is 3. The van der Waals surface area contributed by atoms with E-state index in [9.17, 15) is 14.4 Å². The quantitative estimate of drug-likeness (QED) is 0.580. The number of hydrogen-bond acceptors (Lipinski definition) is 4. The summed E-state index contributed by atoms with van der Waals surface area (Å²) in [4.78, 5) is 37.0. The number of fused-ring (bicyclic) bond motifs is 1. The van der Waals surface area contributed by atoms with E-state index in [1.807, 2.05) is 12.2 Å². The van der Waals surface area contributed by atoms with Gasteiger partial charge in [-0.15, -0.1) is 0 Å². The molecule has 2 atom stereocenters. The van der Waals surface area contributed by atoms with Crippen molar-refractivity contribution in [3.8, 4) is 5.75 Å². The van der Waals surface area contributed by atoms with E-state index in [0.29, 0.717) is 23.5 Å². The van der Waals surface area contributed by atoms with E-state index in [-0.39, 0.29) is 0 Å². The van der Waals surface area contributed by atoms with Crippen LogP contribution in [0.15, 0.2) is 42.5 Å². The number of carbonyl (C=O) groups is 3. The first-order valence-corrected chi connectivity index (χ1v) is 6.48. The van der Waals surface area contributed by atoms with Crippen LogP contribution in [-0.4, -0.2) is 22.8 Å². The standard InChI is InChI=1S/C15H13NO4/c17-13-11-8-4-5-9-12(11)14(18)16(13)15(19)20-10-6-2-1-3-7-10/h1-7,11-12H,8-9H2. The number of hydrogen-bond donors (Lipinski definition) is 0. The van der Waals surface area contributed by atoms with Gasteiger partial charge in [-0.3, -0.25) is 9.59 Å². The number of carbonyl (C=O) groups excluding carboxylic acids is 3. The zero-order valence-electron chi connectivity index (χ0n) is 10.7. The van der Waals surface area contributed by atoms with Gasteiger partial charge in [-0.1, -0.05) is 30.4 Å². The van der Waals surface area contributed by atoms with Crippen molar-refractivity contribution in [3.63, 3.8) is 0 Å². The van der Waals surface area contributed by atoms with E-state index in [4.69, 9.17) is 4.74 Å². The van der Waals surface area contributed by atoms with E-state index in [1.54, 1.807) is 30.3 Å². The molecule has 0 bridgehead atoms. The predicted octanol–water partition coefficient (Wildman–Crippen LogP) is 2.14. The largest absolute Gasteiger partial charge is 0.429 e. The minimum Gasteiger partial charge on any atom is -0.410 e. The molecule has 1 aliphatic heterocycles. The number of para-hydroxylation sites is 1. The highest BCUT2D eigenvalue weighted by Gasteiger charge is 2.50. The van der Waals surface area contributed by atoms with Crippen molar-refractivity contribution >= 4 is 17.9 Å². The average molecular weight is 271 g/mol. The smallest absolute Gasteiger partial charge is 0.410 e. The predicted molar refractivity (Wildman–Crippen MR) is 69.7 cm³/mol. The Bertz CT molecular complexity index is 567. The van der Waals surface area contributed by atoms with Gasteiger partial charge in [0, 0.05) is 0 Å². The Balaban J connectivity index is 1.79. The van der Waals surface area contributed by atoms with Gasteiger partial charge >= 0.3 is 6.09 Å². The summed E-state index contributed by atoms with van der Waals surface area (Å²) >= 11 is 0. The monoisotopic (exact) mass is 271 g/mol. The highest BCUT2D eigenvalue weighted by Crippen LogP contribution is 2.35. The van der Waals surface area contributed by atoms with Gasteiger partial charge < -0.3 is 4.74 Å². The lowest BCUT2D eigenvalue weighted by Gasteiger charge is -2.14. The zero-order valence-corrected chi connectivity index (χ0v) is 10.7. The van der Waals surface area contributed by atoms with Crippen molar-refractivity contribution in [1.82, 2.24) is 4.90 Å². The first kappa shape index (κ1) is 12.6. The van der Waals surface area contributed by atoms with Crippen LogP contribution in [0.4, 0.5) is 4.79 Å². The summed E-state index contributed by atoms with van der Waals surface area (Å²) in [6, 6.07) is 8.39. The molecular weight excluding hydrogens is 258 g/mol. The summed E-state index contributed by atoms with van der Waals surface area (Å²) in [5, 5.41) is 0. The van der Waals surface area contributed by atoms with E-state index in [0.717, 1.165) is 0 Å². The molecule has 1 fully saturated rings. The Morgan fingerprint density at radius 1 is 1.00 bits per heavy atom. The van der Waals surface area contributed by atoms with Gasteiger partial charge in [-0.25, -0.2) is 4.79 Å². The second kappa shape index (κ2) is 4.92. The average Bonchev–Trinajstić information content (AvgIpc) is 2.72. The summed E-state index contributed by atoms with van der Waals surface area (Å²) in [7, 11) is 0. The van der Waals surface area contributed by atoms with Gasteiger partial charge in [0.1, 0.15) is 5.75 Å². The number of benzene rings is 1. The van der Waals surface area contributed by atoms with Gasteiger partial charge in [0.05, 0.1) is 11.8 Å². The fourth-order valence-corrected chi connectivity index (χ4v) is 2.62. The molecule has 3 amide bonds. The maximum atomic E-state index is 12.2. The van der Waals surface area contributed by atoms with E-state index in [2.05, 4.69) is 0 Å². The molecule has 0 saturated carbocycles. The van der Waals surface area contributed by atoms with Gasteiger partial charge in [-0.2, -0.15) is 4.90 Å². The third-order valence-electron chi connectivity index (χ3n) is 3.64. The van der Waals surface area contributed by atoms with Crippen LogP contribution in [0.5, 0.6) is 5.75 Å². The molecule has 0 spiro atoms. The molecule has 1 saturated heterocycles. The second-order valence-electron chi connectivity index (χ2n) is 4.85. The molecule has 2 aliphatic rings. The topological polar surface area (TPSA) is 63.7 Å². The van der Waals surface area contributed by atoms with Gasteiger partial charge in [-0.05, 0) is 25.0 Å². The maximum Gasteiger partial charge on any atom is 0.429 e. The molecule has 1 heterocycles. The molecule has 20 heavy (non-hydrogen) atoms. The van der Waals surface area contributed by atoms with Gasteiger partial charge in [0.2, 0.25) is 11.8 Å². The molecule has 2 unspecified atom stereocenters. The van der Waals surface area contributed by atoms with E-state index >= 15 is 0 Å². The summed E-state index contributed by atoms with van der Waals surface area (Å²) in [5.74, 6) is -1.44. The minimum absolute atomic E-state index is 0.311. The van der Waals surface area contributed by atoms with Crippen molar-refractivity contribution in [3.05, 3.63) is 42.5 Å². The third kappa shape index (κ3) is 2.01. The number of imide groups is 3. The summed E-state index contributed by atoms with van der Waals surface area (Å²) in [6.45, 7) is 0. The summed E-state index contributed by atoms with van der Waals surface area (Å²) < 4.78 is 5.07. The van der Waals surface area contributed by atoms with E-state index in [1.165, 1.54) is 0 Å². The molecule has 0 radical (unpaired) electrons. The van der Waals surface area contributed by atoms with E-state index < -0.39 is 29.7 Å². The number of ether oxygens (including phenoxy) is 1. The Morgan fingerprint density at radius 3 is 2.10 bits per heavy atom. The molecule has 0 N–H and O–H groups in total. The lowest BCUT2D eigenvalue weighted by atomic mass is 9.85. The molecule has 1 aliphatic carbocycles. The fraction of sp³-hybridized carbons (Fsp3) is 0.267. The number of allylic oxidation sites excluding steroid dienone is 2. The first-order chi connectivity index (χ1) is 9.68. The molecule has 0 aromatic heterocycles. The molecule has 3 rings (SSSR count). The molecule has 1 aromatic carbocycles. The molecule has 1 aromatic rings. The second-order valence-corrected chi connectivity index (χ2v) is 4.85. The lowest BCUT2D eigenvalue weighted by Crippen LogP contribution is -2.39. The molecular formula is C15H13NO4. The number of rotatable bonds is 1. The van der Waals surface area contributed by atoms with Gasteiger partial charge in [0.25, 0.3) is 0 Å². The Labute approximate surface area is 115 Å². The van der Waals surface area contributed by atoms with Crippen LogP contribution in [0.1, 0.15) is 12.8 Å². The minimum atomic E-state index is -0.916. The van der Waals surface area contributed by atoms with Crippen LogP contribution in [-0.2, 0) is 9.59 Å². The SMILES string of the molecule is O=C(Oc1ccccc1)N1C(=O)C2CC=CCC2C1=O. The van der Waals surface area contributed by atoms with Crippen LogP contribution in [0.2, 0.25) is 0 Å². The Kier molecular flexibility index (Phi) is 3.10. The number of nitrogens with zero attached hydrogens (tertiary/aromatic N) is 1. The molecule has 5 nitrogen and oxygen atoms in total. The van der Waals surface area contributed by atoms with Crippen LogP contribution >= 0.6 is 0 Å². The first-order valence-electron chi connectivity index (χ1n) is 6.48. The highest BCUT2D eigenvalue weighted by atomic mass is 16.6. The van der Waals surface area contributed by atoms with Crippen LogP contribution in [0.3, 0.4) is 0 Å². The maximum absolute atomic E-state index is 12.2. The molecule has 5 heteroatoms. The van der Waals surface area contributed by atoms with Crippen molar-refractivity contribution in [1.29, 1.82) is 0 Å². The van der Waals surface area contributed by atoms with Crippen molar-refractivity contribution in [2.24, 2.45) is 11.8 Å². The van der Waals surface area contributed by atoms with Crippen LogP contribution in [0, 0.1) is 11.8 Å². The van der Waals surface area contributed by atoms with Crippen LogP contribution in [0.25, 0.3) is 0 Å². The summed E-state index contributed by atoms with van der Waals surface area (Å²) in [5.41, 5.74) is 0. The van der Waals surface area contributed by atoms with Crippen LogP contribution < -0.4 is 4.74 Å². The number of likely N-dealkylation sites (tertiary alicyclic amines) is 1. The molecule has 102 valence electrons. The normalized spacial score (nSPS) is 24.7. The Hall–Kier alpha value is -2.43. The fourth-order valence-electron chi connectivity index (χ4n) is 2.62.